The fourth-order valence-corrected chi connectivity index (χ4v) is 2.01. The fraction of sp³-hybridized carbons (Fsp3) is 0.214. The summed E-state index contributed by atoms with van der Waals surface area (Å²) in [5.41, 5.74) is 6.57. The van der Waals surface area contributed by atoms with Crippen LogP contribution in [-0.4, -0.2) is 7.11 Å². The van der Waals surface area contributed by atoms with E-state index in [9.17, 15) is 0 Å². The maximum Gasteiger partial charge on any atom is 0.122 e. The summed E-state index contributed by atoms with van der Waals surface area (Å²) < 4.78 is 5.36. The second-order valence-corrected chi connectivity index (χ2v) is 3.53. The number of benzene rings is 1. The number of allylic oxidation sites excluding steroid dienone is 3. The molecule has 0 atom stereocenters. The summed E-state index contributed by atoms with van der Waals surface area (Å²) >= 11 is 0. The lowest BCUT2D eigenvalue weighted by atomic mass is 9.90. The largest absolute Gasteiger partial charge is 0.496 e. The molecule has 0 N–H and O–H groups in total. The third-order valence-electron chi connectivity index (χ3n) is 2.68. The summed E-state index contributed by atoms with van der Waals surface area (Å²) in [6, 6.07) is 6.16. The van der Waals surface area contributed by atoms with Crippen molar-refractivity contribution in [2.75, 3.05) is 7.11 Å². The molecule has 0 amide bonds. The predicted molar refractivity (Wildman–Crippen MR) is 63.0 cm³/mol. The molecule has 2 rings (SSSR count). The van der Waals surface area contributed by atoms with Crippen LogP contribution in [0.3, 0.4) is 0 Å². The molecule has 0 radical (unpaired) electrons. The first kappa shape index (κ1) is 9.82. The van der Waals surface area contributed by atoms with Crippen LogP contribution >= 0.6 is 0 Å². The Labute approximate surface area is 90.4 Å². The minimum absolute atomic E-state index is 0.982. The van der Waals surface area contributed by atoms with E-state index in [0.717, 1.165) is 18.6 Å². The molecule has 1 aromatic rings. The normalized spacial score (nSPS) is 13.5. The van der Waals surface area contributed by atoms with Crippen molar-refractivity contribution in [3.63, 3.8) is 0 Å². The highest BCUT2D eigenvalue weighted by atomic mass is 16.5. The van der Waals surface area contributed by atoms with Gasteiger partial charge in [-0.25, -0.2) is 0 Å². The summed E-state index contributed by atoms with van der Waals surface area (Å²) in [5.74, 6) is 0.982. The highest BCUT2D eigenvalue weighted by molar-refractivity contribution is 5.78. The van der Waals surface area contributed by atoms with Gasteiger partial charge in [-0.3, -0.25) is 0 Å². The third kappa shape index (κ3) is 1.74. The van der Waals surface area contributed by atoms with Gasteiger partial charge in [0.25, 0.3) is 0 Å². The van der Waals surface area contributed by atoms with Crippen LogP contribution < -0.4 is 4.74 Å². The molecular formula is C14H14O. The summed E-state index contributed by atoms with van der Waals surface area (Å²) in [4.78, 5) is 0. The fourth-order valence-electron chi connectivity index (χ4n) is 2.01. The SMILES string of the molecule is C=C=CC1=CCCc2c(OC)cccc21. The maximum atomic E-state index is 5.36. The number of rotatable bonds is 2. The second-order valence-electron chi connectivity index (χ2n) is 3.53. The molecule has 1 heteroatoms. The average molecular weight is 198 g/mol. The molecule has 1 aliphatic carbocycles. The van der Waals surface area contributed by atoms with Crippen molar-refractivity contribution in [3.8, 4) is 5.75 Å². The monoisotopic (exact) mass is 198 g/mol. The van der Waals surface area contributed by atoms with Gasteiger partial charge in [-0.15, -0.1) is 5.73 Å². The molecule has 0 spiro atoms. The molecule has 0 aromatic heterocycles. The smallest absolute Gasteiger partial charge is 0.122 e. The predicted octanol–water partition coefficient (Wildman–Crippen LogP) is 3.37. The van der Waals surface area contributed by atoms with Crippen LogP contribution in [0.5, 0.6) is 5.75 Å². The first-order chi connectivity index (χ1) is 7.36. The standard InChI is InChI=1S/C14H14O/c1-3-6-11-7-4-9-13-12(11)8-5-10-14(13)15-2/h5-8,10H,1,4,9H2,2H3. The molecule has 0 saturated heterocycles. The van der Waals surface area contributed by atoms with E-state index >= 15 is 0 Å². The number of hydrogen-bond donors (Lipinski definition) is 0. The Bertz CT molecular complexity index is 448. The Hall–Kier alpha value is -1.72. The lowest BCUT2D eigenvalue weighted by molar-refractivity contribution is 0.409. The van der Waals surface area contributed by atoms with Crippen LogP contribution in [0, 0.1) is 0 Å². The molecule has 0 bridgehead atoms. The van der Waals surface area contributed by atoms with Crippen LogP contribution in [0.15, 0.2) is 42.7 Å². The van der Waals surface area contributed by atoms with E-state index in [4.69, 9.17) is 4.74 Å². The van der Waals surface area contributed by atoms with Gasteiger partial charge in [0.2, 0.25) is 0 Å². The summed E-state index contributed by atoms with van der Waals surface area (Å²) in [5, 5.41) is 0. The van der Waals surface area contributed by atoms with E-state index in [1.165, 1.54) is 16.7 Å². The zero-order chi connectivity index (χ0) is 10.7. The van der Waals surface area contributed by atoms with Gasteiger partial charge in [-0.1, -0.05) is 24.8 Å². The quantitative estimate of drug-likeness (QED) is 0.662. The first-order valence-electron chi connectivity index (χ1n) is 5.09. The third-order valence-corrected chi connectivity index (χ3v) is 2.68. The van der Waals surface area contributed by atoms with Crippen LogP contribution in [0.4, 0.5) is 0 Å². The molecule has 15 heavy (non-hydrogen) atoms. The summed E-state index contributed by atoms with van der Waals surface area (Å²) in [6.07, 6.45) is 6.26. The van der Waals surface area contributed by atoms with Gasteiger partial charge in [0.05, 0.1) is 7.11 Å². The Morgan fingerprint density at radius 3 is 3.07 bits per heavy atom. The van der Waals surface area contributed by atoms with E-state index in [0.29, 0.717) is 0 Å². The molecule has 0 aliphatic heterocycles. The maximum absolute atomic E-state index is 5.36. The van der Waals surface area contributed by atoms with Gasteiger partial charge in [0, 0.05) is 5.56 Å². The van der Waals surface area contributed by atoms with Crippen molar-refractivity contribution in [2.24, 2.45) is 0 Å². The number of ether oxygens (including phenoxy) is 1. The topological polar surface area (TPSA) is 9.23 Å². The van der Waals surface area contributed by atoms with E-state index in [-0.39, 0.29) is 0 Å². The number of fused-ring (bicyclic) bond motifs is 1. The minimum Gasteiger partial charge on any atom is -0.496 e. The highest BCUT2D eigenvalue weighted by Crippen LogP contribution is 2.33. The van der Waals surface area contributed by atoms with Gasteiger partial charge >= 0.3 is 0 Å². The molecule has 0 fully saturated rings. The van der Waals surface area contributed by atoms with E-state index in [1.807, 2.05) is 18.2 Å². The van der Waals surface area contributed by atoms with E-state index in [1.54, 1.807) is 7.11 Å². The molecule has 0 heterocycles. The van der Waals surface area contributed by atoms with E-state index < -0.39 is 0 Å². The van der Waals surface area contributed by atoms with Crippen LogP contribution in [0.1, 0.15) is 17.5 Å². The lowest BCUT2D eigenvalue weighted by Gasteiger charge is -2.17. The van der Waals surface area contributed by atoms with Crippen LogP contribution in [0.25, 0.3) is 5.57 Å². The molecule has 1 aliphatic rings. The van der Waals surface area contributed by atoms with Crippen molar-refractivity contribution < 1.29 is 4.74 Å². The Kier molecular flexibility index (Phi) is 2.75. The van der Waals surface area contributed by atoms with Gasteiger partial charge in [-0.05, 0) is 36.1 Å². The van der Waals surface area contributed by atoms with Crippen LogP contribution in [-0.2, 0) is 6.42 Å². The van der Waals surface area contributed by atoms with Crippen molar-refractivity contribution in [1.29, 1.82) is 0 Å². The second kappa shape index (κ2) is 4.20. The molecule has 0 saturated carbocycles. The zero-order valence-electron chi connectivity index (χ0n) is 8.92. The van der Waals surface area contributed by atoms with Gasteiger partial charge < -0.3 is 4.74 Å². The van der Waals surface area contributed by atoms with E-state index in [2.05, 4.69) is 24.5 Å². The Morgan fingerprint density at radius 2 is 2.33 bits per heavy atom. The molecule has 76 valence electrons. The minimum atomic E-state index is 0.982. The lowest BCUT2D eigenvalue weighted by Crippen LogP contribution is -2.01. The van der Waals surface area contributed by atoms with Crippen molar-refractivity contribution in [2.45, 2.75) is 12.8 Å². The molecule has 1 aromatic carbocycles. The average Bonchev–Trinajstić information content (AvgIpc) is 2.29. The zero-order valence-corrected chi connectivity index (χ0v) is 8.92. The highest BCUT2D eigenvalue weighted by Gasteiger charge is 2.14. The van der Waals surface area contributed by atoms with Crippen LogP contribution in [0.2, 0.25) is 0 Å². The van der Waals surface area contributed by atoms with Crippen molar-refractivity contribution >= 4 is 5.57 Å². The van der Waals surface area contributed by atoms with Gasteiger partial charge in [0.1, 0.15) is 5.75 Å². The number of methoxy groups -OCH3 is 1. The summed E-state index contributed by atoms with van der Waals surface area (Å²) in [7, 11) is 1.72. The summed E-state index contributed by atoms with van der Waals surface area (Å²) in [6.45, 7) is 3.62. The van der Waals surface area contributed by atoms with Crippen molar-refractivity contribution in [1.82, 2.24) is 0 Å². The Balaban J connectivity index is 2.56. The van der Waals surface area contributed by atoms with Crippen molar-refractivity contribution in [3.05, 3.63) is 53.8 Å². The molecule has 0 unspecified atom stereocenters. The van der Waals surface area contributed by atoms with Gasteiger partial charge in [0.15, 0.2) is 0 Å². The molecular weight excluding hydrogens is 184 g/mol. The molecule has 1 nitrogen and oxygen atoms in total. The van der Waals surface area contributed by atoms with Gasteiger partial charge in [-0.2, -0.15) is 0 Å². The number of hydrogen-bond acceptors (Lipinski definition) is 1. The first-order valence-corrected chi connectivity index (χ1v) is 5.09. The Morgan fingerprint density at radius 1 is 1.47 bits per heavy atom.